The summed E-state index contributed by atoms with van der Waals surface area (Å²) in [5, 5.41) is 3.44. The van der Waals surface area contributed by atoms with Crippen LogP contribution in [0.1, 0.15) is 62.5 Å². The van der Waals surface area contributed by atoms with Gasteiger partial charge in [0.05, 0.1) is 0 Å². The fourth-order valence-corrected chi connectivity index (χ4v) is 3.73. The quantitative estimate of drug-likeness (QED) is 0.840. The summed E-state index contributed by atoms with van der Waals surface area (Å²) in [6.45, 7) is 6.88. The molecule has 0 atom stereocenters. The molecule has 1 N–H and O–H groups in total. The van der Waals surface area contributed by atoms with Gasteiger partial charge in [-0.05, 0) is 67.8 Å². The van der Waals surface area contributed by atoms with Crippen molar-refractivity contribution in [3.05, 3.63) is 33.8 Å². The maximum absolute atomic E-state index is 3.78. The molecule has 1 aromatic rings. The van der Waals surface area contributed by atoms with E-state index in [0.717, 1.165) is 19.0 Å². The van der Waals surface area contributed by atoms with Gasteiger partial charge in [-0.1, -0.05) is 41.9 Å². The number of piperidine rings is 1. The highest BCUT2D eigenvalue weighted by atomic mass is 79.9. The summed E-state index contributed by atoms with van der Waals surface area (Å²) in [4.78, 5) is 0. The summed E-state index contributed by atoms with van der Waals surface area (Å²) in [5.74, 6) is 1.44. The molecule has 1 aliphatic rings. The van der Waals surface area contributed by atoms with E-state index in [1.54, 1.807) is 0 Å². The highest BCUT2D eigenvalue weighted by Gasteiger charge is 2.17. The Balaban J connectivity index is 2.18. The van der Waals surface area contributed by atoms with Crippen molar-refractivity contribution in [1.82, 2.24) is 5.32 Å². The zero-order chi connectivity index (χ0) is 13.0. The molecule has 1 aliphatic heterocycles. The maximum Gasteiger partial charge on any atom is 0.0212 e. The van der Waals surface area contributed by atoms with Gasteiger partial charge in [-0.15, -0.1) is 0 Å². The molecule has 0 bridgehead atoms. The zero-order valence-electron chi connectivity index (χ0n) is 11.5. The number of hydrogen-bond donors (Lipinski definition) is 1. The number of nitrogens with one attached hydrogen (secondary N) is 1. The van der Waals surface area contributed by atoms with Gasteiger partial charge in [-0.3, -0.25) is 0 Å². The topological polar surface area (TPSA) is 12.0 Å². The SMILES string of the molecule is CCC(CC)c1ccc(C2CCNCC2)cc1Br. The predicted octanol–water partition coefficient (Wildman–Crippen LogP) is 4.82. The first-order valence-electron chi connectivity index (χ1n) is 7.26. The van der Waals surface area contributed by atoms with Crippen LogP contribution in [0.15, 0.2) is 22.7 Å². The van der Waals surface area contributed by atoms with E-state index in [4.69, 9.17) is 0 Å². The minimum atomic E-state index is 0.696. The molecule has 18 heavy (non-hydrogen) atoms. The van der Waals surface area contributed by atoms with Gasteiger partial charge in [-0.25, -0.2) is 0 Å². The van der Waals surface area contributed by atoms with Crippen molar-refractivity contribution in [2.24, 2.45) is 0 Å². The van der Waals surface area contributed by atoms with E-state index in [9.17, 15) is 0 Å². The average Bonchev–Trinajstić information content (AvgIpc) is 2.43. The van der Waals surface area contributed by atoms with Crippen LogP contribution in [-0.4, -0.2) is 13.1 Å². The van der Waals surface area contributed by atoms with Crippen molar-refractivity contribution >= 4 is 15.9 Å². The molecular formula is C16H24BrN. The molecule has 1 heterocycles. The first-order valence-corrected chi connectivity index (χ1v) is 8.05. The van der Waals surface area contributed by atoms with Crippen LogP contribution >= 0.6 is 15.9 Å². The lowest BCUT2D eigenvalue weighted by molar-refractivity contribution is 0.460. The van der Waals surface area contributed by atoms with E-state index in [1.165, 1.54) is 41.3 Å². The Kier molecular flexibility index (Phi) is 5.25. The van der Waals surface area contributed by atoms with Gasteiger partial charge in [0.15, 0.2) is 0 Å². The Morgan fingerprint density at radius 1 is 1.22 bits per heavy atom. The summed E-state index contributed by atoms with van der Waals surface area (Å²) in [6.07, 6.45) is 5.00. The molecule has 0 unspecified atom stereocenters. The van der Waals surface area contributed by atoms with E-state index in [0.29, 0.717) is 5.92 Å². The normalized spacial score (nSPS) is 17.3. The van der Waals surface area contributed by atoms with Crippen LogP contribution < -0.4 is 5.32 Å². The largest absolute Gasteiger partial charge is 0.317 e. The Morgan fingerprint density at radius 3 is 2.44 bits per heavy atom. The van der Waals surface area contributed by atoms with Crippen molar-refractivity contribution in [3.8, 4) is 0 Å². The molecule has 0 amide bonds. The van der Waals surface area contributed by atoms with Gasteiger partial charge in [0.2, 0.25) is 0 Å². The Labute approximate surface area is 119 Å². The van der Waals surface area contributed by atoms with Crippen LogP contribution in [0.5, 0.6) is 0 Å². The van der Waals surface area contributed by atoms with Crippen LogP contribution in [0.25, 0.3) is 0 Å². The predicted molar refractivity (Wildman–Crippen MR) is 82.3 cm³/mol. The van der Waals surface area contributed by atoms with E-state index in [1.807, 2.05) is 0 Å². The second-order valence-electron chi connectivity index (χ2n) is 5.32. The van der Waals surface area contributed by atoms with Crippen LogP contribution in [0.2, 0.25) is 0 Å². The molecule has 0 radical (unpaired) electrons. The van der Waals surface area contributed by atoms with E-state index in [-0.39, 0.29) is 0 Å². The third kappa shape index (κ3) is 3.16. The second-order valence-corrected chi connectivity index (χ2v) is 6.17. The fourth-order valence-electron chi connectivity index (χ4n) is 3.01. The van der Waals surface area contributed by atoms with Crippen molar-refractivity contribution in [2.75, 3.05) is 13.1 Å². The summed E-state index contributed by atoms with van der Waals surface area (Å²) < 4.78 is 1.31. The minimum Gasteiger partial charge on any atom is -0.317 e. The van der Waals surface area contributed by atoms with Gasteiger partial charge in [-0.2, -0.15) is 0 Å². The lowest BCUT2D eigenvalue weighted by Gasteiger charge is -2.24. The number of hydrogen-bond acceptors (Lipinski definition) is 1. The lowest BCUT2D eigenvalue weighted by Crippen LogP contribution is -2.26. The first-order chi connectivity index (χ1) is 8.76. The molecule has 2 heteroatoms. The maximum atomic E-state index is 3.78. The summed E-state index contributed by atoms with van der Waals surface area (Å²) in [5.41, 5.74) is 3.00. The van der Waals surface area contributed by atoms with Crippen molar-refractivity contribution in [1.29, 1.82) is 0 Å². The zero-order valence-corrected chi connectivity index (χ0v) is 13.1. The molecule has 0 aliphatic carbocycles. The molecule has 100 valence electrons. The van der Waals surface area contributed by atoms with Gasteiger partial charge in [0.1, 0.15) is 0 Å². The summed E-state index contributed by atoms with van der Waals surface area (Å²) in [6, 6.07) is 7.07. The molecule has 1 fully saturated rings. The summed E-state index contributed by atoms with van der Waals surface area (Å²) in [7, 11) is 0. The Bertz CT molecular complexity index is 379. The fraction of sp³-hybridized carbons (Fsp3) is 0.625. The molecule has 1 saturated heterocycles. The summed E-state index contributed by atoms with van der Waals surface area (Å²) >= 11 is 3.78. The van der Waals surface area contributed by atoms with Crippen LogP contribution in [-0.2, 0) is 0 Å². The number of halogens is 1. The van der Waals surface area contributed by atoms with Gasteiger partial charge in [0.25, 0.3) is 0 Å². The minimum absolute atomic E-state index is 0.696. The van der Waals surface area contributed by atoms with Gasteiger partial charge >= 0.3 is 0 Å². The van der Waals surface area contributed by atoms with Crippen LogP contribution in [0.4, 0.5) is 0 Å². The Hall–Kier alpha value is -0.340. The molecule has 1 nitrogen and oxygen atoms in total. The highest BCUT2D eigenvalue weighted by Crippen LogP contribution is 2.34. The van der Waals surface area contributed by atoms with Crippen LogP contribution in [0, 0.1) is 0 Å². The monoisotopic (exact) mass is 309 g/mol. The number of rotatable bonds is 4. The highest BCUT2D eigenvalue weighted by molar-refractivity contribution is 9.10. The molecule has 2 rings (SSSR count). The number of benzene rings is 1. The lowest BCUT2D eigenvalue weighted by atomic mass is 9.87. The standard InChI is InChI=1S/C16H24BrN/c1-3-12(4-2)15-6-5-14(11-16(15)17)13-7-9-18-10-8-13/h5-6,11-13,18H,3-4,7-10H2,1-2H3. The van der Waals surface area contributed by atoms with Crippen molar-refractivity contribution < 1.29 is 0 Å². The van der Waals surface area contributed by atoms with Crippen molar-refractivity contribution in [3.63, 3.8) is 0 Å². The molecule has 0 saturated carbocycles. The first kappa shape index (κ1) is 14.1. The molecule has 1 aromatic carbocycles. The molecular weight excluding hydrogens is 286 g/mol. The van der Waals surface area contributed by atoms with E-state index in [2.05, 4.69) is 53.3 Å². The van der Waals surface area contributed by atoms with E-state index < -0.39 is 0 Å². The average molecular weight is 310 g/mol. The Morgan fingerprint density at radius 2 is 1.89 bits per heavy atom. The van der Waals surface area contributed by atoms with Crippen molar-refractivity contribution in [2.45, 2.75) is 51.4 Å². The second kappa shape index (κ2) is 6.72. The molecule has 0 aromatic heterocycles. The third-order valence-electron chi connectivity index (χ3n) is 4.26. The van der Waals surface area contributed by atoms with E-state index >= 15 is 0 Å². The smallest absolute Gasteiger partial charge is 0.0212 e. The van der Waals surface area contributed by atoms with Crippen LogP contribution in [0.3, 0.4) is 0 Å². The third-order valence-corrected chi connectivity index (χ3v) is 4.95. The van der Waals surface area contributed by atoms with Gasteiger partial charge < -0.3 is 5.32 Å². The molecule has 0 spiro atoms. The van der Waals surface area contributed by atoms with Gasteiger partial charge in [0, 0.05) is 4.47 Å².